The third-order valence-corrected chi connectivity index (χ3v) is 5.54. The van der Waals surface area contributed by atoms with Crippen LogP contribution in [0.5, 0.6) is 0 Å². The maximum atomic E-state index is 12.8. The van der Waals surface area contributed by atoms with Crippen molar-refractivity contribution >= 4 is 28.4 Å². The molecule has 3 aromatic carbocycles. The Kier molecular flexibility index (Phi) is 5.18. The molecule has 0 atom stereocenters. The number of anilines is 1. The normalized spacial score (nSPS) is 11.0. The molecule has 2 heterocycles. The van der Waals surface area contributed by atoms with Gasteiger partial charge in [0.15, 0.2) is 11.3 Å². The monoisotopic (exact) mass is 453 g/mol. The first-order valence-electron chi connectivity index (χ1n) is 10.5. The summed E-state index contributed by atoms with van der Waals surface area (Å²) in [5, 5.41) is 13.8. The molecule has 0 bridgehead atoms. The lowest BCUT2D eigenvalue weighted by atomic mass is 10.1. The van der Waals surface area contributed by atoms with Gasteiger partial charge in [0.2, 0.25) is 5.89 Å². The zero-order valence-electron chi connectivity index (χ0n) is 18.4. The largest absolute Gasteiger partial charge is 0.451 e. The molecule has 168 valence electrons. The van der Waals surface area contributed by atoms with Crippen molar-refractivity contribution in [3.05, 3.63) is 99.8 Å². The third kappa shape index (κ3) is 3.93. The van der Waals surface area contributed by atoms with Crippen molar-refractivity contribution in [1.29, 1.82) is 0 Å². The smallest absolute Gasteiger partial charge is 0.291 e. The number of hydrogen-bond acceptors (Lipinski definition) is 6. The fourth-order valence-corrected chi connectivity index (χ4v) is 3.77. The molecule has 0 fully saturated rings. The van der Waals surface area contributed by atoms with Gasteiger partial charge in [-0.1, -0.05) is 18.2 Å². The number of oxazole rings is 1. The van der Waals surface area contributed by atoms with Crippen LogP contribution in [0.25, 0.3) is 33.9 Å². The highest BCUT2D eigenvalue weighted by Gasteiger charge is 2.17. The first-order valence-corrected chi connectivity index (χ1v) is 10.5. The zero-order chi connectivity index (χ0) is 23.8. The van der Waals surface area contributed by atoms with Gasteiger partial charge >= 0.3 is 0 Å². The Labute approximate surface area is 194 Å². The number of hydrogen-bond donors (Lipinski definition) is 1. The van der Waals surface area contributed by atoms with E-state index in [4.69, 9.17) is 8.83 Å². The quantitative estimate of drug-likeness (QED) is 0.239. The van der Waals surface area contributed by atoms with Crippen LogP contribution in [0.3, 0.4) is 0 Å². The minimum Gasteiger partial charge on any atom is -0.451 e. The molecule has 0 aliphatic carbocycles. The number of nitro groups is 1. The number of carbonyl (C=O) groups is 1. The number of nitrogens with one attached hydrogen (secondary N) is 1. The molecule has 0 spiro atoms. The first kappa shape index (κ1) is 21.1. The van der Waals surface area contributed by atoms with Crippen LogP contribution >= 0.6 is 0 Å². The van der Waals surface area contributed by atoms with E-state index in [-0.39, 0.29) is 11.4 Å². The molecule has 0 radical (unpaired) electrons. The molecule has 0 aliphatic heterocycles. The van der Waals surface area contributed by atoms with Crippen LogP contribution in [-0.4, -0.2) is 15.8 Å². The van der Waals surface area contributed by atoms with E-state index in [1.807, 2.05) is 31.2 Å². The van der Waals surface area contributed by atoms with Gasteiger partial charge in [0.1, 0.15) is 11.3 Å². The Balaban J connectivity index is 1.37. The van der Waals surface area contributed by atoms with Gasteiger partial charge in [-0.25, -0.2) is 4.98 Å². The molecule has 0 unspecified atom stereocenters. The second kappa shape index (κ2) is 8.32. The van der Waals surface area contributed by atoms with Crippen molar-refractivity contribution in [2.75, 3.05) is 5.32 Å². The van der Waals surface area contributed by atoms with Crippen LogP contribution in [0.15, 0.2) is 81.6 Å². The predicted molar refractivity (Wildman–Crippen MR) is 128 cm³/mol. The molecule has 1 N–H and O–H groups in total. The van der Waals surface area contributed by atoms with Gasteiger partial charge < -0.3 is 14.2 Å². The number of rotatable bonds is 5. The molecule has 5 rings (SSSR count). The van der Waals surface area contributed by atoms with E-state index in [1.165, 1.54) is 12.1 Å². The highest BCUT2D eigenvalue weighted by Crippen LogP contribution is 2.30. The van der Waals surface area contributed by atoms with Crippen molar-refractivity contribution in [2.24, 2.45) is 0 Å². The molecule has 2 aromatic heterocycles. The van der Waals surface area contributed by atoms with Crippen LogP contribution in [0.1, 0.15) is 21.7 Å². The molecule has 5 aromatic rings. The maximum absolute atomic E-state index is 12.8. The molecular weight excluding hydrogens is 434 g/mol. The molecule has 0 saturated carbocycles. The lowest BCUT2D eigenvalue weighted by molar-refractivity contribution is -0.384. The lowest BCUT2D eigenvalue weighted by Gasteiger charge is -2.04. The summed E-state index contributed by atoms with van der Waals surface area (Å²) < 4.78 is 11.6. The highest BCUT2D eigenvalue weighted by atomic mass is 16.6. The topological polar surface area (TPSA) is 111 Å². The summed E-state index contributed by atoms with van der Waals surface area (Å²) in [6.07, 6.45) is 0. The van der Waals surface area contributed by atoms with Gasteiger partial charge in [-0.15, -0.1) is 0 Å². The Morgan fingerprint density at radius 2 is 1.74 bits per heavy atom. The van der Waals surface area contributed by atoms with Gasteiger partial charge in [0, 0.05) is 28.9 Å². The molecule has 8 heteroatoms. The Morgan fingerprint density at radius 1 is 0.912 bits per heavy atom. The van der Waals surface area contributed by atoms with Gasteiger partial charge in [0.05, 0.1) is 4.92 Å². The van der Waals surface area contributed by atoms with Gasteiger partial charge in [-0.05, 0) is 67.4 Å². The number of non-ortho nitro benzene ring substituents is 1. The zero-order valence-corrected chi connectivity index (χ0v) is 18.4. The molecule has 34 heavy (non-hydrogen) atoms. The van der Waals surface area contributed by atoms with E-state index in [9.17, 15) is 14.9 Å². The van der Waals surface area contributed by atoms with Crippen molar-refractivity contribution < 1.29 is 18.6 Å². The standard InChI is InChI=1S/C26H19N3O5/c1-15-5-3-4-6-20(15)26-28-21-14-17(7-10-23(21)34-26)27-25(30)24-12-11-22(33-24)19-9-8-18(29(31)32)13-16(19)2/h3-14H,1-2H3,(H,27,30). The van der Waals surface area contributed by atoms with Crippen LogP contribution in [0.2, 0.25) is 0 Å². The van der Waals surface area contributed by atoms with Gasteiger partial charge in [-0.2, -0.15) is 0 Å². The van der Waals surface area contributed by atoms with E-state index >= 15 is 0 Å². The number of carbonyl (C=O) groups excluding carboxylic acids is 1. The molecule has 0 saturated heterocycles. The lowest BCUT2D eigenvalue weighted by Crippen LogP contribution is -2.10. The Morgan fingerprint density at radius 3 is 2.50 bits per heavy atom. The number of furan rings is 1. The van der Waals surface area contributed by atoms with Crippen molar-refractivity contribution in [3.8, 4) is 22.8 Å². The van der Waals surface area contributed by atoms with Gasteiger partial charge in [0.25, 0.3) is 11.6 Å². The van der Waals surface area contributed by atoms with Crippen LogP contribution < -0.4 is 5.32 Å². The molecule has 8 nitrogen and oxygen atoms in total. The number of nitro benzene ring substituents is 1. The highest BCUT2D eigenvalue weighted by molar-refractivity contribution is 6.03. The Hall–Kier alpha value is -4.72. The summed E-state index contributed by atoms with van der Waals surface area (Å²) in [6, 6.07) is 20.8. The third-order valence-electron chi connectivity index (χ3n) is 5.54. The minimum absolute atomic E-state index is 0.000367. The summed E-state index contributed by atoms with van der Waals surface area (Å²) in [5.74, 6) is 0.666. The first-order chi connectivity index (χ1) is 16.4. The van der Waals surface area contributed by atoms with E-state index in [0.29, 0.717) is 39.6 Å². The summed E-state index contributed by atoms with van der Waals surface area (Å²) in [6.45, 7) is 3.74. The van der Waals surface area contributed by atoms with Crippen molar-refractivity contribution in [3.63, 3.8) is 0 Å². The summed E-state index contributed by atoms with van der Waals surface area (Å²) in [4.78, 5) is 27.8. The molecule has 1 amide bonds. The Bertz CT molecular complexity index is 1560. The SMILES string of the molecule is Cc1cc([N+](=O)[O-])ccc1-c1ccc(C(=O)Nc2ccc3oc(-c4ccccc4C)nc3c2)o1. The number of fused-ring (bicyclic) bond motifs is 1. The predicted octanol–water partition coefficient (Wildman–Crippen LogP) is 6.53. The average Bonchev–Trinajstić information content (AvgIpc) is 3.46. The molecule has 0 aliphatic rings. The van der Waals surface area contributed by atoms with E-state index in [1.54, 1.807) is 43.3 Å². The van der Waals surface area contributed by atoms with E-state index in [0.717, 1.165) is 11.1 Å². The van der Waals surface area contributed by atoms with Crippen LogP contribution in [0, 0.1) is 24.0 Å². The number of aryl methyl sites for hydroxylation is 2. The summed E-state index contributed by atoms with van der Waals surface area (Å²) in [5.41, 5.74) is 5.11. The second-order valence-electron chi connectivity index (χ2n) is 7.89. The van der Waals surface area contributed by atoms with E-state index in [2.05, 4.69) is 10.3 Å². The fraction of sp³-hybridized carbons (Fsp3) is 0.0769. The minimum atomic E-state index is -0.451. The van der Waals surface area contributed by atoms with Gasteiger partial charge in [-0.3, -0.25) is 14.9 Å². The summed E-state index contributed by atoms with van der Waals surface area (Å²) in [7, 11) is 0. The van der Waals surface area contributed by atoms with Crippen molar-refractivity contribution in [1.82, 2.24) is 4.98 Å². The van der Waals surface area contributed by atoms with E-state index < -0.39 is 10.8 Å². The number of aromatic nitrogens is 1. The second-order valence-corrected chi connectivity index (χ2v) is 7.89. The average molecular weight is 453 g/mol. The number of amides is 1. The number of nitrogens with zero attached hydrogens (tertiary/aromatic N) is 2. The molecular formula is C26H19N3O5. The van der Waals surface area contributed by atoms with Crippen molar-refractivity contribution in [2.45, 2.75) is 13.8 Å². The number of benzene rings is 3. The summed E-state index contributed by atoms with van der Waals surface area (Å²) >= 11 is 0. The maximum Gasteiger partial charge on any atom is 0.291 e. The fourth-order valence-electron chi connectivity index (χ4n) is 3.77. The van der Waals surface area contributed by atoms with Crippen LogP contribution in [0.4, 0.5) is 11.4 Å². The van der Waals surface area contributed by atoms with Crippen LogP contribution in [-0.2, 0) is 0 Å².